The van der Waals surface area contributed by atoms with Gasteiger partial charge < -0.3 is 10.4 Å². The average Bonchev–Trinajstić information content (AvgIpc) is 2.34. The fraction of sp³-hybridized carbons (Fsp3) is 0.500. The minimum absolute atomic E-state index is 0.151. The summed E-state index contributed by atoms with van der Waals surface area (Å²) >= 11 is 0. The predicted octanol–water partition coefficient (Wildman–Crippen LogP) is 1.36. The molecule has 1 aromatic carbocycles. The fourth-order valence-electron chi connectivity index (χ4n) is 1.54. The second-order valence-corrected chi connectivity index (χ2v) is 4.13. The highest BCUT2D eigenvalue weighted by molar-refractivity contribution is 5.39. The molecular weight excluding hydrogens is 220 g/mol. The van der Waals surface area contributed by atoms with E-state index in [4.69, 9.17) is 5.11 Å². The van der Waals surface area contributed by atoms with Gasteiger partial charge >= 0.3 is 0 Å². The summed E-state index contributed by atoms with van der Waals surface area (Å²) < 4.78 is 0. The van der Waals surface area contributed by atoms with E-state index in [1.807, 2.05) is 6.92 Å². The zero-order valence-corrected chi connectivity index (χ0v) is 9.93. The number of nitrogens with one attached hydrogen (secondary N) is 1. The molecular formula is C12H18N2O3. The van der Waals surface area contributed by atoms with Crippen molar-refractivity contribution in [2.24, 2.45) is 5.92 Å². The quantitative estimate of drug-likeness (QED) is 0.427. The lowest BCUT2D eigenvalue weighted by Crippen LogP contribution is -2.25. The van der Waals surface area contributed by atoms with Crippen LogP contribution in [-0.4, -0.2) is 29.7 Å². The van der Waals surface area contributed by atoms with Crippen LogP contribution in [0, 0.1) is 16.0 Å². The van der Waals surface area contributed by atoms with Crippen LogP contribution in [0.3, 0.4) is 0 Å². The smallest absolute Gasteiger partial charge is 0.272 e. The molecule has 1 rings (SSSR count). The van der Waals surface area contributed by atoms with Crippen LogP contribution in [0.4, 0.5) is 5.69 Å². The van der Waals surface area contributed by atoms with Gasteiger partial charge in [0.15, 0.2) is 0 Å². The van der Waals surface area contributed by atoms with Gasteiger partial charge in [-0.15, -0.1) is 0 Å². The van der Waals surface area contributed by atoms with Crippen LogP contribution < -0.4 is 5.32 Å². The maximum Gasteiger partial charge on any atom is 0.272 e. The Labute approximate surface area is 101 Å². The fourth-order valence-corrected chi connectivity index (χ4v) is 1.54. The molecule has 0 aliphatic rings. The van der Waals surface area contributed by atoms with Crippen molar-refractivity contribution in [3.05, 3.63) is 39.9 Å². The third-order valence-electron chi connectivity index (χ3n) is 2.56. The molecule has 17 heavy (non-hydrogen) atoms. The van der Waals surface area contributed by atoms with Gasteiger partial charge in [-0.1, -0.05) is 25.1 Å². The number of benzene rings is 1. The Hall–Kier alpha value is -1.46. The van der Waals surface area contributed by atoms with Gasteiger partial charge in [-0.05, 0) is 25.4 Å². The Balaban J connectivity index is 2.44. The third-order valence-corrected chi connectivity index (χ3v) is 2.56. The van der Waals surface area contributed by atoms with Crippen LogP contribution >= 0.6 is 0 Å². The van der Waals surface area contributed by atoms with Gasteiger partial charge in [0, 0.05) is 18.2 Å². The summed E-state index contributed by atoms with van der Waals surface area (Å²) in [4.78, 5) is 10.4. The SMILES string of the molecule is CC(CO)CNCCc1ccccc1[N+](=O)[O-]. The zero-order chi connectivity index (χ0) is 12.7. The molecule has 0 saturated heterocycles. The van der Waals surface area contributed by atoms with Crippen molar-refractivity contribution in [1.29, 1.82) is 0 Å². The number of nitro benzene ring substituents is 1. The molecule has 94 valence electrons. The minimum atomic E-state index is -0.355. The van der Waals surface area contributed by atoms with Crippen molar-refractivity contribution in [3.63, 3.8) is 0 Å². The highest BCUT2D eigenvalue weighted by Gasteiger charge is 2.11. The number of nitro groups is 1. The Bertz CT molecular complexity index is 369. The average molecular weight is 238 g/mol. The van der Waals surface area contributed by atoms with Gasteiger partial charge in [-0.2, -0.15) is 0 Å². The Kier molecular flexibility index (Phi) is 5.59. The summed E-state index contributed by atoms with van der Waals surface area (Å²) in [6.07, 6.45) is 0.620. The molecule has 0 bridgehead atoms. The van der Waals surface area contributed by atoms with E-state index in [2.05, 4.69) is 5.32 Å². The number of aliphatic hydroxyl groups excluding tert-OH is 1. The lowest BCUT2D eigenvalue weighted by atomic mass is 10.1. The number of para-hydroxylation sites is 1. The van der Waals surface area contributed by atoms with E-state index >= 15 is 0 Å². The van der Waals surface area contributed by atoms with E-state index in [1.54, 1.807) is 18.2 Å². The molecule has 2 N–H and O–H groups in total. The first-order chi connectivity index (χ1) is 8.15. The first-order valence-corrected chi connectivity index (χ1v) is 5.69. The Morgan fingerprint density at radius 1 is 1.47 bits per heavy atom. The predicted molar refractivity (Wildman–Crippen MR) is 65.9 cm³/mol. The Morgan fingerprint density at radius 2 is 2.18 bits per heavy atom. The molecule has 0 radical (unpaired) electrons. The van der Waals surface area contributed by atoms with Crippen molar-refractivity contribution in [3.8, 4) is 0 Å². The normalized spacial score (nSPS) is 12.4. The Morgan fingerprint density at radius 3 is 2.82 bits per heavy atom. The van der Waals surface area contributed by atoms with Crippen LogP contribution in [0.1, 0.15) is 12.5 Å². The first kappa shape index (κ1) is 13.6. The van der Waals surface area contributed by atoms with Crippen molar-refractivity contribution >= 4 is 5.69 Å². The molecule has 0 aliphatic carbocycles. The summed E-state index contributed by atoms with van der Waals surface area (Å²) in [6.45, 7) is 3.49. The topological polar surface area (TPSA) is 75.4 Å². The van der Waals surface area contributed by atoms with Gasteiger partial charge in [-0.25, -0.2) is 0 Å². The summed E-state index contributed by atoms with van der Waals surface area (Å²) in [5.41, 5.74) is 0.908. The van der Waals surface area contributed by atoms with Gasteiger partial charge in [-0.3, -0.25) is 10.1 Å². The molecule has 0 saturated carbocycles. The van der Waals surface area contributed by atoms with E-state index in [0.717, 1.165) is 12.1 Å². The first-order valence-electron chi connectivity index (χ1n) is 5.69. The van der Waals surface area contributed by atoms with Gasteiger partial charge in [0.25, 0.3) is 5.69 Å². The summed E-state index contributed by atoms with van der Waals surface area (Å²) in [7, 11) is 0. The second-order valence-electron chi connectivity index (χ2n) is 4.13. The second kappa shape index (κ2) is 6.98. The van der Waals surface area contributed by atoms with Crippen molar-refractivity contribution in [2.75, 3.05) is 19.7 Å². The molecule has 0 fully saturated rings. The van der Waals surface area contributed by atoms with E-state index in [0.29, 0.717) is 13.0 Å². The minimum Gasteiger partial charge on any atom is -0.396 e. The molecule has 1 aromatic rings. The van der Waals surface area contributed by atoms with Crippen LogP contribution in [0.15, 0.2) is 24.3 Å². The summed E-state index contributed by atoms with van der Waals surface area (Å²) in [5.74, 6) is 0.209. The van der Waals surface area contributed by atoms with E-state index < -0.39 is 0 Å². The molecule has 0 amide bonds. The summed E-state index contributed by atoms with van der Waals surface area (Å²) in [5, 5.41) is 22.8. The highest BCUT2D eigenvalue weighted by Crippen LogP contribution is 2.17. The van der Waals surface area contributed by atoms with E-state index in [-0.39, 0.29) is 23.1 Å². The monoisotopic (exact) mass is 238 g/mol. The van der Waals surface area contributed by atoms with Crippen molar-refractivity contribution in [2.45, 2.75) is 13.3 Å². The molecule has 0 aromatic heterocycles. The maximum atomic E-state index is 10.8. The lowest BCUT2D eigenvalue weighted by molar-refractivity contribution is -0.385. The molecule has 5 nitrogen and oxygen atoms in total. The maximum absolute atomic E-state index is 10.8. The molecule has 0 spiro atoms. The number of nitrogens with zero attached hydrogens (tertiary/aromatic N) is 1. The molecule has 1 atom stereocenters. The zero-order valence-electron chi connectivity index (χ0n) is 9.93. The van der Waals surface area contributed by atoms with Gasteiger partial charge in [0.1, 0.15) is 0 Å². The standard InChI is InChI=1S/C12H18N2O3/c1-10(9-15)8-13-7-6-11-4-2-3-5-12(11)14(16)17/h2-5,10,13,15H,6-9H2,1H3. The van der Waals surface area contributed by atoms with E-state index in [9.17, 15) is 10.1 Å². The van der Waals surface area contributed by atoms with Crippen molar-refractivity contribution in [1.82, 2.24) is 5.32 Å². The van der Waals surface area contributed by atoms with Crippen LogP contribution in [-0.2, 0) is 6.42 Å². The van der Waals surface area contributed by atoms with Crippen LogP contribution in [0.2, 0.25) is 0 Å². The number of hydrogen-bond donors (Lipinski definition) is 2. The van der Waals surface area contributed by atoms with Gasteiger partial charge in [0.05, 0.1) is 4.92 Å². The molecule has 1 unspecified atom stereocenters. The molecule has 0 heterocycles. The van der Waals surface area contributed by atoms with Crippen LogP contribution in [0.5, 0.6) is 0 Å². The lowest BCUT2D eigenvalue weighted by Gasteiger charge is -2.09. The van der Waals surface area contributed by atoms with Crippen LogP contribution in [0.25, 0.3) is 0 Å². The van der Waals surface area contributed by atoms with Gasteiger partial charge in [0.2, 0.25) is 0 Å². The van der Waals surface area contributed by atoms with E-state index in [1.165, 1.54) is 6.07 Å². The van der Waals surface area contributed by atoms with Crippen molar-refractivity contribution < 1.29 is 10.0 Å². The molecule has 5 heteroatoms. The number of rotatable bonds is 7. The largest absolute Gasteiger partial charge is 0.396 e. The third kappa shape index (κ3) is 4.50. The summed E-state index contributed by atoms with van der Waals surface area (Å²) in [6, 6.07) is 6.77. The number of hydrogen-bond acceptors (Lipinski definition) is 4. The molecule has 0 aliphatic heterocycles. The number of aliphatic hydroxyl groups is 1. The highest BCUT2D eigenvalue weighted by atomic mass is 16.6.